The SMILES string of the molecule is C=C1C=C(c2cc(-c3c(C)noc3C)cc3[nH]c(C4CC4)nc23)C=CN1.CC1=NCC(C)=C1c1cc(-c2c(C)noc2C)cc2[nH]c(NCC3CC3)nc12.Cc1nc2c(-c3cccc4ccccc34)cc(-c3c(C)noc3C)cc2[nH]1.Cc1noc(C)c1-c1cc(-c2ccccc2-c2ccccc2)c2nc(NS(=O)(=O)C3CC3)[nH]c2c1.Cc1noc(C)c1-c1cc(-c2ccnc(OC(C)(C)C)c2)c2nc(C3CC3)[nH]c2c1. The van der Waals surface area contributed by atoms with Crippen molar-refractivity contribution in [2.24, 2.45) is 10.9 Å². The number of pyridine rings is 1. The molecular formula is C117H114N20O8S. The molecule has 26 rings (SSSR count). The van der Waals surface area contributed by atoms with Crippen LogP contribution in [-0.2, 0) is 10.0 Å². The van der Waals surface area contributed by atoms with Crippen molar-refractivity contribution in [3.63, 3.8) is 0 Å². The minimum absolute atomic E-state index is 0.223. The summed E-state index contributed by atoms with van der Waals surface area (Å²) in [5.74, 6) is 10.7. The van der Waals surface area contributed by atoms with E-state index in [2.05, 4.69) is 230 Å². The number of benzene rings is 9. The van der Waals surface area contributed by atoms with Crippen LogP contribution in [0.4, 0.5) is 11.9 Å². The number of rotatable bonds is 20. The number of anilines is 2. The summed E-state index contributed by atoms with van der Waals surface area (Å²) < 4.78 is 60.9. The number of fused-ring (bicyclic) bond motifs is 6. The van der Waals surface area contributed by atoms with E-state index in [1.54, 1.807) is 6.20 Å². The highest BCUT2D eigenvalue weighted by molar-refractivity contribution is 7.93. The molecule has 4 fully saturated rings. The fraction of sp³-hybridized carbons (Fsp3) is 0.265. The molecule has 29 heteroatoms. The van der Waals surface area contributed by atoms with Gasteiger partial charge in [-0.2, -0.15) is 0 Å². The summed E-state index contributed by atoms with van der Waals surface area (Å²) in [6.07, 6.45) is 16.7. The largest absolute Gasteiger partial charge is 0.472 e. The zero-order valence-corrected chi connectivity index (χ0v) is 85.4. The van der Waals surface area contributed by atoms with Crippen LogP contribution >= 0.6 is 0 Å². The number of H-pyrrole nitrogens is 5. The van der Waals surface area contributed by atoms with Gasteiger partial charge in [0.2, 0.25) is 27.8 Å². The Morgan fingerprint density at radius 3 is 1.39 bits per heavy atom. The third-order valence-electron chi connectivity index (χ3n) is 27.7. The highest BCUT2D eigenvalue weighted by Gasteiger charge is 2.38. The van der Waals surface area contributed by atoms with Gasteiger partial charge >= 0.3 is 0 Å². The lowest BCUT2D eigenvalue weighted by molar-refractivity contribution is 0.124. The molecule has 11 aromatic heterocycles. The van der Waals surface area contributed by atoms with Gasteiger partial charge in [0.05, 0.1) is 95.4 Å². The van der Waals surface area contributed by atoms with Gasteiger partial charge in [-0.15, -0.1) is 0 Å². The third-order valence-corrected chi connectivity index (χ3v) is 29.5. The summed E-state index contributed by atoms with van der Waals surface area (Å²) in [5, 5.41) is 29.3. The van der Waals surface area contributed by atoms with E-state index in [9.17, 15) is 8.42 Å². The summed E-state index contributed by atoms with van der Waals surface area (Å²) >= 11 is 0. The number of nitrogens with zero attached hydrogens (tertiary/aromatic N) is 12. The molecule has 4 aliphatic carbocycles. The first-order valence-corrected chi connectivity index (χ1v) is 51.4. The first-order chi connectivity index (χ1) is 70.4. The van der Waals surface area contributed by atoms with Crippen molar-refractivity contribution in [3.8, 4) is 106 Å². The molecule has 4 saturated carbocycles. The summed E-state index contributed by atoms with van der Waals surface area (Å²) in [4.78, 5) is 50.5. The number of hydrogen-bond acceptors (Lipinski definition) is 22. The van der Waals surface area contributed by atoms with Gasteiger partial charge in [0.25, 0.3) is 0 Å². The number of hydrogen-bond donors (Lipinski definition) is 8. The van der Waals surface area contributed by atoms with Gasteiger partial charge in [-0.25, -0.2) is 38.3 Å². The Kier molecular flexibility index (Phi) is 24.6. The van der Waals surface area contributed by atoms with Crippen LogP contribution in [0.1, 0.15) is 184 Å². The molecule has 2 aliphatic heterocycles. The second-order valence-electron chi connectivity index (χ2n) is 40.2. The Bertz CT molecular complexity index is 8710. The summed E-state index contributed by atoms with van der Waals surface area (Å²) in [6, 6.07) is 58.6. The quantitative estimate of drug-likeness (QED) is 0.0351. The van der Waals surface area contributed by atoms with Crippen LogP contribution in [0.5, 0.6) is 5.88 Å². The fourth-order valence-electron chi connectivity index (χ4n) is 20.2. The van der Waals surface area contributed by atoms with Crippen LogP contribution in [-0.4, -0.2) is 119 Å². The smallest absolute Gasteiger partial charge is 0.237 e. The number of aryl methyl sites for hydroxylation is 11. The van der Waals surface area contributed by atoms with Gasteiger partial charge in [0, 0.05) is 109 Å². The van der Waals surface area contributed by atoms with Crippen molar-refractivity contribution in [2.75, 3.05) is 23.1 Å². The van der Waals surface area contributed by atoms with Crippen LogP contribution in [0.2, 0.25) is 0 Å². The molecule has 146 heavy (non-hydrogen) atoms. The average molecular weight is 1960 g/mol. The number of imidazole rings is 5. The molecule has 0 spiro atoms. The lowest BCUT2D eigenvalue weighted by Gasteiger charge is -2.20. The summed E-state index contributed by atoms with van der Waals surface area (Å²) in [7, 11) is -3.45. The van der Waals surface area contributed by atoms with Crippen molar-refractivity contribution in [1.29, 1.82) is 0 Å². The van der Waals surface area contributed by atoms with Crippen molar-refractivity contribution >= 4 is 105 Å². The van der Waals surface area contributed by atoms with Gasteiger partial charge in [-0.05, 0) is 324 Å². The molecule has 28 nitrogen and oxygen atoms in total. The minimum atomic E-state index is -3.45. The van der Waals surface area contributed by atoms with E-state index >= 15 is 0 Å². The molecule has 0 bridgehead atoms. The molecule has 20 aromatic rings. The van der Waals surface area contributed by atoms with E-state index in [1.165, 1.54) is 66.0 Å². The minimum Gasteiger partial charge on any atom is -0.472 e. The van der Waals surface area contributed by atoms with Gasteiger partial charge in [-0.3, -0.25) is 9.71 Å². The number of sulfonamides is 1. The van der Waals surface area contributed by atoms with E-state index in [4.69, 9.17) is 52.3 Å². The van der Waals surface area contributed by atoms with Crippen LogP contribution in [0, 0.1) is 82.1 Å². The molecule has 9 aromatic carbocycles. The molecule has 13 heterocycles. The van der Waals surface area contributed by atoms with Gasteiger partial charge in [0.1, 0.15) is 51.9 Å². The zero-order chi connectivity index (χ0) is 101. The Morgan fingerprint density at radius 1 is 0.425 bits per heavy atom. The van der Waals surface area contributed by atoms with Gasteiger partial charge < -0.3 is 62.9 Å². The second-order valence-corrected chi connectivity index (χ2v) is 42.2. The van der Waals surface area contributed by atoms with E-state index < -0.39 is 10.0 Å². The number of aromatic amines is 5. The van der Waals surface area contributed by atoms with E-state index in [-0.39, 0.29) is 16.8 Å². The highest BCUT2D eigenvalue weighted by Crippen LogP contribution is 2.49. The lowest BCUT2D eigenvalue weighted by Crippen LogP contribution is -2.23. The number of aliphatic imine (C=N–C) groups is 1. The number of aromatic nitrogens is 16. The number of dihydropyridines is 1. The molecule has 6 aliphatic rings. The molecule has 736 valence electrons. The van der Waals surface area contributed by atoms with Crippen molar-refractivity contribution < 1.29 is 35.8 Å². The molecule has 0 radical (unpaired) electrons. The predicted octanol–water partition coefficient (Wildman–Crippen LogP) is 27.6. The van der Waals surface area contributed by atoms with E-state index in [0.717, 1.165) is 272 Å². The second kappa shape index (κ2) is 38.0. The van der Waals surface area contributed by atoms with Crippen LogP contribution in [0.15, 0.2) is 240 Å². The first-order valence-electron chi connectivity index (χ1n) is 49.8. The number of ether oxygens (including phenoxy) is 1. The molecule has 0 amide bonds. The van der Waals surface area contributed by atoms with Crippen LogP contribution in [0.25, 0.3) is 177 Å². The first kappa shape index (κ1) is 94.5. The van der Waals surface area contributed by atoms with Crippen LogP contribution < -0.4 is 20.1 Å². The molecule has 0 unspecified atom stereocenters. The van der Waals surface area contributed by atoms with Gasteiger partial charge in [-0.1, -0.05) is 129 Å². The Balaban J connectivity index is 0.000000104. The molecule has 0 atom stereocenters. The third kappa shape index (κ3) is 19.2. The number of allylic oxidation sites excluding steroid dienone is 4. The van der Waals surface area contributed by atoms with E-state index in [1.807, 2.05) is 152 Å². The highest BCUT2D eigenvalue weighted by atomic mass is 32.2. The summed E-state index contributed by atoms with van der Waals surface area (Å²) in [5.41, 5.74) is 40.1. The van der Waals surface area contributed by atoms with Crippen molar-refractivity contribution in [1.82, 2.24) is 85.9 Å². The number of nitrogens with one attached hydrogen (secondary N) is 8. The molecule has 0 saturated heterocycles. The van der Waals surface area contributed by atoms with Crippen LogP contribution in [0.3, 0.4) is 0 Å². The van der Waals surface area contributed by atoms with E-state index in [0.29, 0.717) is 36.1 Å². The standard InChI is InChI=1S/C27H24N4O3S.C24H26N4O2.C23H19N3O.C22H25N5O.C21H20N4O/c1-16-25(17(2)34-30-16)19-14-23(22-11-7-6-10-21(22)18-8-4-3-5-9-18)26-24(15-19)28-27(29-26)31-35(32,33)20-12-13-20;1-13-21(14(2)30-28-13)17-10-18(16-8-9-25-20(12-16)29-24(3,4)5)22-19(11-17)26-23(27-22)15-6-7-15;1-13-22(14(2)27-26-13)17-11-20(23-21(12-17)24-15(3)25-23)19-10-6-8-16-7-4-5-9-18(16)19;1-11-9-23-12(2)19(11)17-7-16(20-13(3)27-28-14(20)4)8-18-21(17)26-22(25-18)24-10-15-5-6-15;1-11-8-15(6-7-22-11)17-9-16(19-12(2)25-26-13(19)3)10-18-20(17)24-21(23-18)14-4-5-14/h3-11,14-15,20H,12-13H2,1-2H3,(H2,28,29,31);8-12,15H,6-7H2,1-5H3,(H,26,27);4-12H,1-3H3,(H,24,25);7-8,15H,5-6,9-10H2,1-4H3,(H2,24,25,26);6-10,14,22H,1,4-5H2,2-3H3,(H,23,24). The fourth-order valence-corrected chi connectivity index (χ4v) is 21.5. The normalized spacial score (nSPS) is 14.7. The van der Waals surface area contributed by atoms with Gasteiger partial charge in [0.15, 0.2) is 0 Å². The molecule has 8 N–H and O–H groups in total. The zero-order valence-electron chi connectivity index (χ0n) is 84.6. The maximum absolute atomic E-state index is 12.6. The maximum Gasteiger partial charge on any atom is 0.237 e. The van der Waals surface area contributed by atoms with Crippen molar-refractivity contribution in [2.45, 2.75) is 185 Å². The predicted molar refractivity (Wildman–Crippen MR) is 578 cm³/mol. The monoisotopic (exact) mass is 1960 g/mol. The maximum atomic E-state index is 12.6. The van der Waals surface area contributed by atoms with Crippen molar-refractivity contribution in [3.05, 3.63) is 298 Å². The Morgan fingerprint density at radius 2 is 0.877 bits per heavy atom. The average Bonchev–Trinajstić information content (AvgIpc) is 1.59. The Hall–Kier alpha value is -16.4. The topological polar surface area (TPSA) is 378 Å². The summed E-state index contributed by atoms with van der Waals surface area (Å²) in [6.45, 7) is 37.6. The molecular weight excluding hydrogens is 1850 g/mol. The lowest BCUT2D eigenvalue weighted by atomic mass is 9.91. The Labute approximate surface area is 844 Å².